The molecule has 0 rings (SSSR count). The highest BCUT2D eigenvalue weighted by molar-refractivity contribution is 5.79. The Morgan fingerprint density at radius 2 is 1.84 bits per heavy atom. The molecule has 0 aromatic heterocycles. The first-order chi connectivity index (χ1) is 8.56. The molecular formula is C11H20N2O6. The van der Waals surface area contributed by atoms with Crippen molar-refractivity contribution in [2.24, 2.45) is 5.73 Å². The molecule has 0 radical (unpaired) electrons. The lowest BCUT2D eigenvalue weighted by Crippen LogP contribution is -2.48. The molecule has 0 saturated carbocycles. The number of carboxylic acid groups (broad SMARTS) is 1. The van der Waals surface area contributed by atoms with Crippen molar-refractivity contribution in [3.63, 3.8) is 0 Å². The number of carbonyl (C=O) groups is 3. The molecule has 110 valence electrons. The van der Waals surface area contributed by atoms with E-state index in [2.05, 4.69) is 4.74 Å². The Bertz CT molecular complexity index is 350. The van der Waals surface area contributed by atoms with E-state index in [4.69, 9.17) is 15.6 Å². The van der Waals surface area contributed by atoms with Crippen LogP contribution in [0.15, 0.2) is 0 Å². The van der Waals surface area contributed by atoms with E-state index in [9.17, 15) is 14.4 Å². The third-order valence-electron chi connectivity index (χ3n) is 1.90. The fourth-order valence-electron chi connectivity index (χ4n) is 1.16. The number of hydrogen-bond acceptors (Lipinski definition) is 6. The van der Waals surface area contributed by atoms with Crippen molar-refractivity contribution >= 4 is 18.0 Å². The molecule has 0 aromatic carbocycles. The minimum Gasteiger partial charge on any atom is -0.480 e. The summed E-state index contributed by atoms with van der Waals surface area (Å²) in [6.45, 7) is 4.02. The fourth-order valence-corrected chi connectivity index (χ4v) is 1.16. The van der Waals surface area contributed by atoms with Gasteiger partial charge in [0, 0.05) is 0 Å². The van der Waals surface area contributed by atoms with Gasteiger partial charge in [0.1, 0.15) is 18.2 Å². The lowest BCUT2D eigenvalue weighted by Gasteiger charge is -2.27. The molecule has 1 amide bonds. The van der Waals surface area contributed by atoms with E-state index in [1.807, 2.05) is 0 Å². The van der Waals surface area contributed by atoms with Gasteiger partial charge in [-0.25, -0.2) is 4.79 Å². The normalized spacial score (nSPS) is 12.5. The molecule has 3 N–H and O–H groups in total. The van der Waals surface area contributed by atoms with E-state index in [0.29, 0.717) is 0 Å². The van der Waals surface area contributed by atoms with Gasteiger partial charge in [0.15, 0.2) is 0 Å². The largest absolute Gasteiger partial charge is 0.480 e. The summed E-state index contributed by atoms with van der Waals surface area (Å²) in [6.07, 6.45) is -0.853. The molecule has 0 heterocycles. The van der Waals surface area contributed by atoms with Crippen molar-refractivity contribution in [3.05, 3.63) is 0 Å². The number of methoxy groups -OCH3 is 1. The number of carboxylic acids is 1. The maximum Gasteiger partial charge on any atom is 0.410 e. The Morgan fingerprint density at radius 1 is 1.32 bits per heavy atom. The second-order valence-electron chi connectivity index (χ2n) is 4.88. The number of amides is 1. The monoisotopic (exact) mass is 276 g/mol. The van der Waals surface area contributed by atoms with Crippen molar-refractivity contribution in [1.29, 1.82) is 0 Å². The molecule has 0 aliphatic heterocycles. The van der Waals surface area contributed by atoms with Crippen LogP contribution in [0.25, 0.3) is 0 Å². The Kier molecular flexibility index (Phi) is 6.26. The molecule has 0 saturated heterocycles. The summed E-state index contributed by atoms with van der Waals surface area (Å²) in [7, 11) is 1.15. The predicted molar refractivity (Wildman–Crippen MR) is 65.4 cm³/mol. The molecule has 8 heteroatoms. The third kappa shape index (κ3) is 7.24. The van der Waals surface area contributed by atoms with E-state index in [1.54, 1.807) is 20.8 Å². The first-order valence-electron chi connectivity index (χ1n) is 5.60. The molecule has 0 unspecified atom stereocenters. The summed E-state index contributed by atoms with van der Waals surface area (Å²) in [5.74, 6) is -1.97. The number of aliphatic carboxylic acids is 1. The minimum absolute atomic E-state index is 0.298. The van der Waals surface area contributed by atoms with E-state index in [-0.39, 0.29) is 6.54 Å². The summed E-state index contributed by atoms with van der Waals surface area (Å²) < 4.78 is 9.44. The summed E-state index contributed by atoms with van der Waals surface area (Å²) >= 11 is 0. The maximum absolute atomic E-state index is 11.8. The number of rotatable bonds is 5. The van der Waals surface area contributed by atoms with Crippen molar-refractivity contribution in [1.82, 2.24) is 4.90 Å². The van der Waals surface area contributed by atoms with Gasteiger partial charge in [-0.15, -0.1) is 0 Å². The zero-order valence-electron chi connectivity index (χ0n) is 11.5. The number of esters is 1. The van der Waals surface area contributed by atoms with Crippen LogP contribution >= 0.6 is 0 Å². The van der Waals surface area contributed by atoms with Crippen molar-refractivity contribution < 1.29 is 29.0 Å². The van der Waals surface area contributed by atoms with E-state index in [0.717, 1.165) is 12.0 Å². The first-order valence-corrected chi connectivity index (χ1v) is 5.60. The maximum atomic E-state index is 11.8. The van der Waals surface area contributed by atoms with Crippen LogP contribution < -0.4 is 5.73 Å². The van der Waals surface area contributed by atoms with E-state index in [1.165, 1.54) is 0 Å². The van der Waals surface area contributed by atoms with Gasteiger partial charge in [0.25, 0.3) is 0 Å². The zero-order chi connectivity index (χ0) is 15.2. The smallest absolute Gasteiger partial charge is 0.410 e. The number of carbonyl (C=O) groups excluding carboxylic acids is 2. The van der Waals surface area contributed by atoms with Gasteiger partial charge < -0.3 is 20.3 Å². The Hall–Kier alpha value is -1.83. The SMILES string of the molecule is COC(=O)[C@@H](N)CN(CC(=O)O)C(=O)OC(C)(C)C. The Balaban J connectivity index is 4.76. The minimum atomic E-state index is -1.23. The summed E-state index contributed by atoms with van der Waals surface area (Å²) in [4.78, 5) is 34.5. The van der Waals surface area contributed by atoms with Crippen LogP contribution in [-0.2, 0) is 19.1 Å². The topological polar surface area (TPSA) is 119 Å². The van der Waals surface area contributed by atoms with Crippen LogP contribution in [0.5, 0.6) is 0 Å². The average molecular weight is 276 g/mol. The molecule has 0 aromatic rings. The van der Waals surface area contributed by atoms with Gasteiger partial charge in [0.2, 0.25) is 0 Å². The molecule has 19 heavy (non-hydrogen) atoms. The van der Waals surface area contributed by atoms with Gasteiger partial charge in [-0.05, 0) is 20.8 Å². The highest BCUT2D eigenvalue weighted by atomic mass is 16.6. The van der Waals surface area contributed by atoms with Gasteiger partial charge >= 0.3 is 18.0 Å². The quantitative estimate of drug-likeness (QED) is 0.668. The number of nitrogens with two attached hydrogens (primary N) is 1. The lowest BCUT2D eigenvalue weighted by molar-refractivity contribution is -0.144. The molecule has 8 nitrogen and oxygen atoms in total. The zero-order valence-corrected chi connectivity index (χ0v) is 11.5. The number of nitrogens with zero attached hydrogens (tertiary/aromatic N) is 1. The van der Waals surface area contributed by atoms with Crippen LogP contribution in [0.1, 0.15) is 20.8 Å². The van der Waals surface area contributed by atoms with Crippen LogP contribution in [0.4, 0.5) is 4.79 Å². The van der Waals surface area contributed by atoms with Crippen LogP contribution in [-0.4, -0.2) is 59.9 Å². The van der Waals surface area contributed by atoms with Gasteiger partial charge in [-0.1, -0.05) is 0 Å². The standard InChI is InChI=1S/C11H20N2O6/c1-11(2,3)19-10(17)13(6-8(14)15)5-7(12)9(16)18-4/h7H,5-6,12H2,1-4H3,(H,14,15)/t7-/m0/s1. The molecule has 0 aliphatic rings. The highest BCUT2D eigenvalue weighted by Crippen LogP contribution is 2.10. The highest BCUT2D eigenvalue weighted by Gasteiger charge is 2.27. The number of hydrogen-bond donors (Lipinski definition) is 2. The van der Waals surface area contributed by atoms with Gasteiger partial charge in [-0.2, -0.15) is 0 Å². The third-order valence-corrected chi connectivity index (χ3v) is 1.90. The van der Waals surface area contributed by atoms with Crippen molar-refractivity contribution in [3.8, 4) is 0 Å². The molecule has 0 spiro atoms. The van der Waals surface area contributed by atoms with Crippen molar-refractivity contribution in [2.45, 2.75) is 32.4 Å². The van der Waals surface area contributed by atoms with Gasteiger partial charge in [0.05, 0.1) is 13.7 Å². The molecule has 0 bridgehead atoms. The second-order valence-corrected chi connectivity index (χ2v) is 4.88. The fraction of sp³-hybridized carbons (Fsp3) is 0.727. The molecular weight excluding hydrogens is 256 g/mol. The summed E-state index contributed by atoms with van der Waals surface area (Å²) in [5, 5.41) is 8.73. The van der Waals surface area contributed by atoms with Crippen LogP contribution in [0.3, 0.4) is 0 Å². The summed E-state index contributed by atoms with van der Waals surface area (Å²) in [5.41, 5.74) is 4.71. The molecule has 1 atom stereocenters. The lowest BCUT2D eigenvalue weighted by atomic mass is 10.2. The Morgan fingerprint density at radius 3 is 2.21 bits per heavy atom. The van der Waals surface area contributed by atoms with Crippen LogP contribution in [0, 0.1) is 0 Å². The molecule has 0 aliphatic carbocycles. The van der Waals surface area contributed by atoms with Crippen LogP contribution in [0.2, 0.25) is 0 Å². The molecule has 0 fully saturated rings. The van der Waals surface area contributed by atoms with E-state index >= 15 is 0 Å². The van der Waals surface area contributed by atoms with Gasteiger partial charge in [-0.3, -0.25) is 14.5 Å². The van der Waals surface area contributed by atoms with E-state index < -0.39 is 36.2 Å². The van der Waals surface area contributed by atoms with Crippen molar-refractivity contribution in [2.75, 3.05) is 20.2 Å². The summed E-state index contributed by atoms with van der Waals surface area (Å²) in [6, 6.07) is -1.13. The predicted octanol–water partition coefficient (Wildman–Crippen LogP) is -0.192. The second kappa shape index (κ2) is 6.93. The number of ether oxygens (including phenoxy) is 2. The average Bonchev–Trinajstić information content (AvgIpc) is 2.23. The first kappa shape index (κ1) is 17.2. The Labute approximate surface area is 111 Å².